The molecular weight excluding hydrogens is 497 g/mol. The fourth-order valence-corrected chi connectivity index (χ4v) is 2.69. The largest absolute Gasteiger partial charge is 0.497 e. The van der Waals surface area contributed by atoms with Crippen molar-refractivity contribution >= 4 is 29.9 Å². The Morgan fingerprint density at radius 3 is 2.62 bits per heavy atom. The van der Waals surface area contributed by atoms with Crippen molar-refractivity contribution in [3.63, 3.8) is 0 Å². The maximum Gasteiger partial charge on any atom is 0.387 e. The van der Waals surface area contributed by atoms with Gasteiger partial charge in [0, 0.05) is 24.2 Å². The molecule has 1 heterocycles. The minimum atomic E-state index is -2.91. The number of hydrogen-bond acceptors (Lipinski definition) is 5. The fraction of sp³-hybridized carbons (Fsp3) is 0.474. The lowest BCUT2D eigenvalue weighted by Crippen LogP contribution is -2.38. The van der Waals surface area contributed by atoms with Gasteiger partial charge in [-0.2, -0.15) is 8.78 Å². The summed E-state index contributed by atoms with van der Waals surface area (Å²) in [5.41, 5.74) is 2.43. The molecule has 0 saturated heterocycles. The summed E-state index contributed by atoms with van der Waals surface area (Å²) in [6, 6.07) is 4.65. The summed E-state index contributed by atoms with van der Waals surface area (Å²) in [5.74, 6) is 1.99. The third-order valence-electron chi connectivity index (χ3n) is 4.08. The SMILES string of the molecule is CCNC(=NCc1cc(OC)ccc1OC(F)F)NCCc1c(C)noc1C.I. The van der Waals surface area contributed by atoms with Crippen molar-refractivity contribution in [1.29, 1.82) is 0 Å². The van der Waals surface area contributed by atoms with Crippen molar-refractivity contribution in [3.05, 3.63) is 40.8 Å². The van der Waals surface area contributed by atoms with E-state index in [0.29, 0.717) is 30.4 Å². The number of aryl methyl sites for hydroxylation is 2. The molecule has 2 rings (SSSR count). The van der Waals surface area contributed by atoms with Crippen LogP contribution in [0.2, 0.25) is 0 Å². The Morgan fingerprint density at radius 2 is 2.03 bits per heavy atom. The van der Waals surface area contributed by atoms with Crippen LogP contribution in [0.25, 0.3) is 0 Å². The Bertz CT molecular complexity index is 780. The average Bonchev–Trinajstić information content (AvgIpc) is 2.98. The summed E-state index contributed by atoms with van der Waals surface area (Å²) in [6.45, 7) is 4.25. The Labute approximate surface area is 186 Å². The summed E-state index contributed by atoms with van der Waals surface area (Å²) in [6.07, 6.45) is 0.727. The number of aliphatic imine (C=N–C) groups is 1. The zero-order valence-electron chi connectivity index (χ0n) is 16.9. The van der Waals surface area contributed by atoms with Crippen LogP contribution in [0.5, 0.6) is 11.5 Å². The van der Waals surface area contributed by atoms with Crippen LogP contribution in [-0.4, -0.2) is 37.9 Å². The normalized spacial score (nSPS) is 11.2. The quantitative estimate of drug-likeness (QED) is 0.295. The molecule has 0 fully saturated rings. The highest BCUT2D eigenvalue weighted by Gasteiger charge is 2.12. The number of hydrogen-bond donors (Lipinski definition) is 2. The second kappa shape index (κ2) is 12.5. The zero-order valence-corrected chi connectivity index (χ0v) is 19.3. The van der Waals surface area contributed by atoms with Crippen molar-refractivity contribution in [2.45, 2.75) is 40.3 Å². The van der Waals surface area contributed by atoms with E-state index in [1.807, 2.05) is 20.8 Å². The van der Waals surface area contributed by atoms with Crippen LogP contribution in [0.3, 0.4) is 0 Å². The number of guanidine groups is 1. The highest BCUT2D eigenvalue weighted by Crippen LogP contribution is 2.26. The van der Waals surface area contributed by atoms with Crippen molar-refractivity contribution in [1.82, 2.24) is 15.8 Å². The Hall–Kier alpha value is -2.11. The second-order valence-electron chi connectivity index (χ2n) is 6.03. The van der Waals surface area contributed by atoms with E-state index in [1.54, 1.807) is 12.1 Å². The zero-order chi connectivity index (χ0) is 20.5. The predicted molar refractivity (Wildman–Crippen MR) is 118 cm³/mol. The number of benzene rings is 1. The Balaban J connectivity index is 0.00000420. The minimum absolute atomic E-state index is 0. The van der Waals surface area contributed by atoms with Crippen molar-refractivity contribution in [3.8, 4) is 11.5 Å². The van der Waals surface area contributed by atoms with Gasteiger partial charge in [0.1, 0.15) is 17.3 Å². The molecule has 0 bridgehead atoms. The van der Waals surface area contributed by atoms with Gasteiger partial charge in [0.2, 0.25) is 0 Å². The first-order valence-electron chi connectivity index (χ1n) is 9.00. The smallest absolute Gasteiger partial charge is 0.387 e. The van der Waals surface area contributed by atoms with Crippen molar-refractivity contribution in [2.24, 2.45) is 4.99 Å². The van der Waals surface area contributed by atoms with E-state index in [4.69, 9.17) is 9.26 Å². The average molecular weight is 524 g/mol. The molecule has 0 unspecified atom stereocenters. The highest BCUT2D eigenvalue weighted by atomic mass is 127. The topological polar surface area (TPSA) is 80.9 Å². The van der Waals surface area contributed by atoms with Gasteiger partial charge >= 0.3 is 6.61 Å². The number of rotatable bonds is 9. The van der Waals surface area contributed by atoms with Crippen LogP contribution in [0.4, 0.5) is 8.78 Å². The second-order valence-corrected chi connectivity index (χ2v) is 6.03. The molecule has 2 N–H and O–H groups in total. The molecule has 0 atom stereocenters. The predicted octanol–water partition coefficient (Wildman–Crippen LogP) is 3.82. The van der Waals surface area contributed by atoms with E-state index < -0.39 is 6.61 Å². The maximum atomic E-state index is 12.6. The van der Waals surface area contributed by atoms with Gasteiger partial charge in [-0.25, -0.2) is 4.99 Å². The third-order valence-corrected chi connectivity index (χ3v) is 4.08. The molecule has 29 heavy (non-hydrogen) atoms. The van der Waals surface area contributed by atoms with Gasteiger partial charge in [0.05, 0.1) is 19.3 Å². The van der Waals surface area contributed by atoms with Gasteiger partial charge in [-0.15, -0.1) is 24.0 Å². The molecule has 2 aromatic rings. The molecule has 0 aliphatic carbocycles. The molecule has 0 radical (unpaired) electrons. The first-order chi connectivity index (χ1) is 13.4. The summed E-state index contributed by atoms with van der Waals surface area (Å²) in [4.78, 5) is 4.47. The highest BCUT2D eigenvalue weighted by molar-refractivity contribution is 14.0. The van der Waals surface area contributed by atoms with E-state index in [0.717, 1.165) is 23.4 Å². The van der Waals surface area contributed by atoms with Crippen LogP contribution < -0.4 is 20.1 Å². The van der Waals surface area contributed by atoms with Gasteiger partial charge in [0.25, 0.3) is 0 Å². The van der Waals surface area contributed by atoms with Crippen LogP contribution in [0, 0.1) is 13.8 Å². The van der Waals surface area contributed by atoms with Crippen LogP contribution >= 0.6 is 24.0 Å². The molecule has 1 aromatic heterocycles. The Kier molecular flexibility index (Phi) is 10.7. The number of methoxy groups -OCH3 is 1. The van der Waals surface area contributed by atoms with Gasteiger partial charge < -0.3 is 24.6 Å². The first-order valence-corrected chi connectivity index (χ1v) is 9.00. The van der Waals surface area contributed by atoms with Crippen LogP contribution in [-0.2, 0) is 13.0 Å². The molecule has 0 spiro atoms. The summed E-state index contributed by atoms with van der Waals surface area (Å²) < 4.78 is 40.2. The Morgan fingerprint density at radius 1 is 1.28 bits per heavy atom. The number of nitrogens with one attached hydrogen (secondary N) is 2. The number of nitrogens with zero attached hydrogens (tertiary/aromatic N) is 2. The standard InChI is InChI=1S/C19H26F2N4O3.HI/c1-5-22-19(23-9-8-16-12(2)25-28-13(16)3)24-11-14-10-15(26-4)6-7-17(14)27-18(20)21;/h6-7,10,18H,5,8-9,11H2,1-4H3,(H2,22,23,24);1H. The number of halogens is 3. The number of alkyl halides is 2. The van der Waals surface area contributed by atoms with E-state index in [-0.39, 0.29) is 36.3 Å². The number of aromatic nitrogens is 1. The van der Waals surface area contributed by atoms with Crippen molar-refractivity contribution in [2.75, 3.05) is 20.2 Å². The molecule has 0 amide bonds. The molecule has 10 heteroatoms. The lowest BCUT2D eigenvalue weighted by atomic mass is 10.1. The lowest BCUT2D eigenvalue weighted by molar-refractivity contribution is -0.0504. The summed E-state index contributed by atoms with van der Waals surface area (Å²) in [7, 11) is 1.51. The van der Waals surface area contributed by atoms with Gasteiger partial charge in [-0.1, -0.05) is 5.16 Å². The fourth-order valence-electron chi connectivity index (χ4n) is 2.69. The molecule has 162 valence electrons. The number of ether oxygens (including phenoxy) is 2. The molecule has 0 saturated carbocycles. The first kappa shape index (κ1) is 24.9. The van der Waals surface area contributed by atoms with E-state index in [1.165, 1.54) is 13.2 Å². The maximum absolute atomic E-state index is 12.6. The molecular formula is C19H27F2IN4O3. The van der Waals surface area contributed by atoms with Gasteiger partial charge in [-0.05, 0) is 45.4 Å². The van der Waals surface area contributed by atoms with E-state index in [9.17, 15) is 8.78 Å². The molecule has 1 aromatic carbocycles. The van der Waals surface area contributed by atoms with E-state index in [2.05, 4.69) is 25.5 Å². The van der Waals surface area contributed by atoms with Gasteiger partial charge in [-0.3, -0.25) is 0 Å². The van der Waals surface area contributed by atoms with Crippen LogP contribution in [0.15, 0.2) is 27.7 Å². The molecule has 0 aliphatic rings. The minimum Gasteiger partial charge on any atom is -0.497 e. The van der Waals surface area contributed by atoms with Gasteiger partial charge in [0.15, 0.2) is 5.96 Å². The third kappa shape index (κ3) is 7.67. The summed E-state index contributed by atoms with van der Waals surface area (Å²) in [5, 5.41) is 10.3. The molecule has 7 nitrogen and oxygen atoms in total. The van der Waals surface area contributed by atoms with Crippen LogP contribution in [0.1, 0.15) is 29.5 Å². The monoisotopic (exact) mass is 524 g/mol. The lowest BCUT2D eigenvalue weighted by Gasteiger charge is -2.13. The van der Waals surface area contributed by atoms with E-state index >= 15 is 0 Å². The molecule has 0 aliphatic heterocycles. The van der Waals surface area contributed by atoms with Crippen molar-refractivity contribution < 1.29 is 22.8 Å². The summed E-state index contributed by atoms with van der Waals surface area (Å²) >= 11 is 0.